The van der Waals surface area contributed by atoms with Crippen molar-refractivity contribution in [3.63, 3.8) is 0 Å². The summed E-state index contributed by atoms with van der Waals surface area (Å²) in [7, 11) is 0. The lowest BCUT2D eigenvalue weighted by Gasteiger charge is -2.17. The van der Waals surface area contributed by atoms with Crippen LogP contribution in [0.3, 0.4) is 0 Å². The number of hydrogen-bond acceptors (Lipinski definition) is 6. The first-order valence-electron chi connectivity index (χ1n) is 12.0. The molecular formula is C27H32N2O6. The van der Waals surface area contributed by atoms with Crippen LogP contribution in [0.1, 0.15) is 61.5 Å². The average Bonchev–Trinajstić information content (AvgIpc) is 3.27. The highest BCUT2D eigenvalue weighted by Gasteiger charge is 2.36. The second kappa shape index (κ2) is 12.7. The van der Waals surface area contributed by atoms with Crippen LogP contribution in [0.15, 0.2) is 54.6 Å². The zero-order chi connectivity index (χ0) is 25.2. The molecule has 3 rings (SSSR count). The van der Waals surface area contributed by atoms with Crippen molar-refractivity contribution >= 4 is 29.4 Å². The highest BCUT2D eigenvalue weighted by molar-refractivity contribution is 6.00. The number of carbonyl (C=O) groups is 4. The fourth-order valence-electron chi connectivity index (χ4n) is 3.86. The van der Waals surface area contributed by atoms with Crippen LogP contribution in [0.2, 0.25) is 0 Å². The van der Waals surface area contributed by atoms with Crippen LogP contribution >= 0.6 is 0 Å². The average molecular weight is 481 g/mol. The Bertz CT molecular complexity index is 1020. The minimum atomic E-state index is -0.662. The highest BCUT2D eigenvalue weighted by Crippen LogP contribution is 2.26. The number of benzene rings is 2. The predicted molar refractivity (Wildman–Crippen MR) is 131 cm³/mol. The Morgan fingerprint density at radius 2 is 1.74 bits per heavy atom. The zero-order valence-electron chi connectivity index (χ0n) is 20.2. The van der Waals surface area contributed by atoms with Crippen molar-refractivity contribution in [2.75, 3.05) is 24.7 Å². The lowest BCUT2D eigenvalue weighted by atomic mass is 10.1. The summed E-state index contributed by atoms with van der Waals surface area (Å²) < 4.78 is 10.4. The van der Waals surface area contributed by atoms with E-state index < -0.39 is 30.4 Å². The first-order chi connectivity index (χ1) is 16.9. The summed E-state index contributed by atoms with van der Waals surface area (Å²) in [5.74, 6) is -2.28. The first-order valence-corrected chi connectivity index (χ1v) is 12.0. The minimum Gasteiger partial charge on any atom is -0.462 e. The molecule has 0 radical (unpaired) electrons. The number of anilines is 1. The predicted octanol–water partition coefficient (Wildman–Crippen LogP) is 3.81. The van der Waals surface area contributed by atoms with Crippen LogP contribution in [0.4, 0.5) is 5.69 Å². The van der Waals surface area contributed by atoms with Gasteiger partial charge in [-0.1, -0.05) is 50.1 Å². The second-order valence-corrected chi connectivity index (χ2v) is 8.60. The molecule has 1 fully saturated rings. The van der Waals surface area contributed by atoms with Crippen LogP contribution in [0.5, 0.6) is 0 Å². The van der Waals surface area contributed by atoms with Crippen LogP contribution < -0.4 is 10.2 Å². The third kappa shape index (κ3) is 7.40. The topological polar surface area (TPSA) is 102 Å². The van der Waals surface area contributed by atoms with E-state index in [1.165, 1.54) is 4.90 Å². The molecule has 35 heavy (non-hydrogen) atoms. The molecule has 0 saturated carbocycles. The van der Waals surface area contributed by atoms with Gasteiger partial charge in [0.15, 0.2) is 6.61 Å². The van der Waals surface area contributed by atoms with Gasteiger partial charge in [0.05, 0.1) is 24.1 Å². The molecule has 0 unspecified atom stereocenters. The Kier molecular flexibility index (Phi) is 9.40. The summed E-state index contributed by atoms with van der Waals surface area (Å²) in [6, 6.07) is 15.8. The van der Waals surface area contributed by atoms with Gasteiger partial charge in [0.2, 0.25) is 5.91 Å². The molecule has 2 aromatic carbocycles. The Hall–Kier alpha value is -3.68. The molecule has 0 aromatic heterocycles. The molecule has 2 atom stereocenters. The van der Waals surface area contributed by atoms with E-state index in [0.717, 1.165) is 24.8 Å². The molecule has 2 aromatic rings. The fourth-order valence-corrected chi connectivity index (χ4v) is 3.86. The van der Waals surface area contributed by atoms with Gasteiger partial charge in [-0.15, -0.1) is 0 Å². The van der Waals surface area contributed by atoms with Crippen molar-refractivity contribution in [2.45, 2.75) is 45.6 Å². The molecule has 8 nitrogen and oxygen atoms in total. The number of carbonyl (C=O) groups excluding carboxylic acids is 4. The van der Waals surface area contributed by atoms with E-state index in [4.69, 9.17) is 9.47 Å². The van der Waals surface area contributed by atoms with E-state index in [1.54, 1.807) is 24.3 Å². The molecule has 1 aliphatic rings. The molecule has 8 heteroatoms. The number of nitrogens with one attached hydrogen (secondary N) is 1. The maximum Gasteiger partial charge on any atom is 0.338 e. The quantitative estimate of drug-likeness (QED) is 0.388. The Morgan fingerprint density at radius 3 is 2.43 bits per heavy atom. The lowest BCUT2D eigenvalue weighted by molar-refractivity contribution is -0.152. The maximum absolute atomic E-state index is 12.5. The Labute approximate surface area is 205 Å². The number of ether oxygens (including phenoxy) is 2. The summed E-state index contributed by atoms with van der Waals surface area (Å²) in [4.78, 5) is 50.8. The monoisotopic (exact) mass is 480 g/mol. The molecule has 1 N–H and O–H groups in total. The molecule has 1 aliphatic heterocycles. The van der Waals surface area contributed by atoms with Gasteiger partial charge in [-0.2, -0.15) is 0 Å². The van der Waals surface area contributed by atoms with Gasteiger partial charge < -0.3 is 19.7 Å². The SMILES string of the molecule is CCCCCOC(=O)c1ccc(N2C[C@@H](C(=O)OCC(=O)N[C@@H](C)c3ccccc3)CC2=O)cc1. The van der Waals surface area contributed by atoms with E-state index in [-0.39, 0.29) is 24.9 Å². The molecule has 0 aliphatic carbocycles. The summed E-state index contributed by atoms with van der Waals surface area (Å²) in [5, 5.41) is 2.79. The van der Waals surface area contributed by atoms with Crippen molar-refractivity contribution < 1.29 is 28.7 Å². The molecule has 186 valence electrons. The Morgan fingerprint density at radius 1 is 1.03 bits per heavy atom. The van der Waals surface area contributed by atoms with Gasteiger partial charge in [-0.25, -0.2) is 4.79 Å². The molecule has 1 heterocycles. The van der Waals surface area contributed by atoms with Crippen LogP contribution in [0.25, 0.3) is 0 Å². The van der Waals surface area contributed by atoms with Crippen molar-refractivity contribution in [3.05, 3.63) is 65.7 Å². The van der Waals surface area contributed by atoms with Crippen LogP contribution in [0, 0.1) is 5.92 Å². The number of nitrogens with zero attached hydrogens (tertiary/aromatic N) is 1. The molecule has 2 amide bonds. The van der Waals surface area contributed by atoms with Crippen molar-refractivity contribution in [1.82, 2.24) is 5.32 Å². The summed E-state index contributed by atoms with van der Waals surface area (Å²) in [5.41, 5.74) is 1.94. The van der Waals surface area contributed by atoms with Gasteiger partial charge in [0, 0.05) is 18.7 Å². The molecule has 0 bridgehead atoms. The maximum atomic E-state index is 12.5. The lowest BCUT2D eigenvalue weighted by Crippen LogP contribution is -2.32. The summed E-state index contributed by atoms with van der Waals surface area (Å²) in [6.07, 6.45) is 2.88. The van der Waals surface area contributed by atoms with Crippen molar-refractivity contribution in [1.29, 1.82) is 0 Å². The summed E-state index contributed by atoms with van der Waals surface area (Å²) in [6.45, 7) is 4.05. The smallest absolute Gasteiger partial charge is 0.338 e. The first kappa shape index (κ1) is 25.9. The van der Waals surface area contributed by atoms with E-state index in [2.05, 4.69) is 12.2 Å². The van der Waals surface area contributed by atoms with Gasteiger partial charge in [-0.3, -0.25) is 14.4 Å². The van der Waals surface area contributed by atoms with Crippen molar-refractivity contribution in [3.8, 4) is 0 Å². The fraction of sp³-hybridized carbons (Fsp3) is 0.407. The zero-order valence-corrected chi connectivity index (χ0v) is 20.2. The van der Waals surface area contributed by atoms with Gasteiger partial charge in [0.25, 0.3) is 5.91 Å². The van der Waals surface area contributed by atoms with Gasteiger partial charge in [0.1, 0.15) is 0 Å². The minimum absolute atomic E-state index is 0.00208. The summed E-state index contributed by atoms with van der Waals surface area (Å²) >= 11 is 0. The van der Waals surface area contributed by atoms with Crippen LogP contribution in [-0.2, 0) is 23.9 Å². The standard InChI is InChI=1S/C27H32N2O6/c1-3-4-8-15-34-26(32)21-11-13-23(14-12-21)29-17-22(16-25(29)31)27(33)35-18-24(30)28-19(2)20-9-6-5-7-10-20/h5-7,9-14,19,22H,3-4,8,15-18H2,1-2H3,(H,28,30)/t19-,22-/m0/s1. The number of amides is 2. The van der Waals surface area contributed by atoms with Crippen molar-refractivity contribution in [2.24, 2.45) is 5.92 Å². The van der Waals surface area contributed by atoms with E-state index in [9.17, 15) is 19.2 Å². The highest BCUT2D eigenvalue weighted by atomic mass is 16.5. The number of unbranched alkanes of at least 4 members (excludes halogenated alkanes) is 2. The second-order valence-electron chi connectivity index (χ2n) is 8.60. The van der Waals surface area contributed by atoms with E-state index >= 15 is 0 Å². The largest absolute Gasteiger partial charge is 0.462 e. The third-order valence-corrected chi connectivity index (χ3v) is 5.88. The normalized spacial score (nSPS) is 16.0. The van der Waals surface area contributed by atoms with E-state index in [1.807, 2.05) is 37.3 Å². The number of rotatable bonds is 11. The van der Waals surface area contributed by atoms with E-state index in [0.29, 0.717) is 17.9 Å². The number of hydrogen-bond donors (Lipinski definition) is 1. The number of esters is 2. The molecular weight excluding hydrogens is 448 g/mol. The molecule has 0 spiro atoms. The van der Waals surface area contributed by atoms with Gasteiger partial charge in [-0.05, 0) is 43.2 Å². The third-order valence-electron chi connectivity index (χ3n) is 5.88. The van der Waals surface area contributed by atoms with Crippen LogP contribution in [-0.4, -0.2) is 43.5 Å². The van der Waals surface area contributed by atoms with Gasteiger partial charge >= 0.3 is 11.9 Å². The Balaban J connectivity index is 1.47. The molecule has 1 saturated heterocycles.